The number of ether oxygens (including phenoxy) is 1. The standard InChI is InChI=1S/C12H15BrFNO2/c1-12(2,11(16)17-3)10(15)8-5-4-7(14)6-9(8)13/h4-6,10H,15H2,1-3H3/t10-/m1/s1. The molecule has 0 aliphatic heterocycles. The number of nitrogens with two attached hydrogens (primary N) is 1. The molecule has 1 aromatic rings. The Morgan fingerprint density at radius 1 is 1.53 bits per heavy atom. The van der Waals surface area contributed by atoms with E-state index in [1.165, 1.54) is 19.2 Å². The van der Waals surface area contributed by atoms with Crippen molar-refractivity contribution < 1.29 is 13.9 Å². The molecule has 1 atom stereocenters. The highest BCUT2D eigenvalue weighted by Gasteiger charge is 2.37. The summed E-state index contributed by atoms with van der Waals surface area (Å²) in [5.41, 5.74) is 5.84. The summed E-state index contributed by atoms with van der Waals surface area (Å²) in [5, 5.41) is 0. The minimum absolute atomic E-state index is 0.358. The average molecular weight is 304 g/mol. The maximum absolute atomic E-state index is 13.0. The highest BCUT2D eigenvalue weighted by Crippen LogP contribution is 2.36. The summed E-state index contributed by atoms with van der Waals surface area (Å²) in [6.45, 7) is 3.39. The Labute approximate surface area is 108 Å². The van der Waals surface area contributed by atoms with Crippen molar-refractivity contribution in [2.45, 2.75) is 19.9 Å². The quantitative estimate of drug-likeness (QED) is 0.874. The van der Waals surface area contributed by atoms with Gasteiger partial charge in [-0.05, 0) is 31.5 Å². The Hall–Kier alpha value is -0.940. The molecule has 94 valence electrons. The maximum atomic E-state index is 13.0. The molecule has 0 saturated carbocycles. The van der Waals surface area contributed by atoms with E-state index in [1.54, 1.807) is 19.9 Å². The Morgan fingerprint density at radius 3 is 2.59 bits per heavy atom. The molecule has 0 heterocycles. The van der Waals surface area contributed by atoms with Gasteiger partial charge in [-0.3, -0.25) is 4.79 Å². The highest BCUT2D eigenvalue weighted by molar-refractivity contribution is 9.10. The molecule has 5 heteroatoms. The van der Waals surface area contributed by atoms with Crippen molar-refractivity contribution in [3.63, 3.8) is 0 Å². The van der Waals surface area contributed by atoms with Gasteiger partial charge in [-0.2, -0.15) is 0 Å². The topological polar surface area (TPSA) is 52.3 Å². The predicted octanol–water partition coefficient (Wildman–Crippen LogP) is 2.79. The summed E-state index contributed by atoms with van der Waals surface area (Å²) >= 11 is 3.24. The fourth-order valence-corrected chi connectivity index (χ4v) is 2.13. The zero-order valence-corrected chi connectivity index (χ0v) is 11.5. The zero-order chi connectivity index (χ0) is 13.2. The van der Waals surface area contributed by atoms with Crippen molar-refractivity contribution in [1.29, 1.82) is 0 Å². The second-order valence-electron chi connectivity index (χ2n) is 4.36. The molecule has 0 unspecified atom stereocenters. The van der Waals surface area contributed by atoms with Crippen molar-refractivity contribution in [2.24, 2.45) is 11.1 Å². The second-order valence-corrected chi connectivity index (χ2v) is 5.21. The van der Waals surface area contributed by atoms with Crippen LogP contribution in [0.2, 0.25) is 0 Å². The first-order chi connectivity index (χ1) is 7.80. The Morgan fingerprint density at radius 2 is 2.12 bits per heavy atom. The van der Waals surface area contributed by atoms with Gasteiger partial charge in [0.15, 0.2) is 0 Å². The number of esters is 1. The number of hydrogen-bond acceptors (Lipinski definition) is 3. The van der Waals surface area contributed by atoms with Crippen LogP contribution in [0.25, 0.3) is 0 Å². The van der Waals surface area contributed by atoms with E-state index in [0.29, 0.717) is 10.0 Å². The van der Waals surface area contributed by atoms with E-state index < -0.39 is 17.4 Å². The van der Waals surface area contributed by atoms with E-state index in [-0.39, 0.29) is 5.82 Å². The minimum atomic E-state index is -0.880. The summed E-state index contributed by atoms with van der Waals surface area (Å²) in [7, 11) is 1.32. The third-order valence-electron chi connectivity index (χ3n) is 2.79. The van der Waals surface area contributed by atoms with Crippen LogP contribution in [0.3, 0.4) is 0 Å². The van der Waals surface area contributed by atoms with Crippen LogP contribution in [0.4, 0.5) is 4.39 Å². The molecule has 0 spiro atoms. The number of hydrogen-bond donors (Lipinski definition) is 1. The van der Waals surface area contributed by atoms with E-state index in [9.17, 15) is 9.18 Å². The van der Waals surface area contributed by atoms with Gasteiger partial charge in [-0.25, -0.2) is 4.39 Å². The number of benzene rings is 1. The number of rotatable bonds is 3. The van der Waals surface area contributed by atoms with Crippen LogP contribution >= 0.6 is 15.9 Å². The van der Waals surface area contributed by atoms with Gasteiger partial charge in [0, 0.05) is 10.5 Å². The predicted molar refractivity (Wildman–Crippen MR) is 66.8 cm³/mol. The van der Waals surface area contributed by atoms with Crippen molar-refractivity contribution >= 4 is 21.9 Å². The van der Waals surface area contributed by atoms with Gasteiger partial charge in [0.25, 0.3) is 0 Å². The van der Waals surface area contributed by atoms with Crippen molar-refractivity contribution in [3.8, 4) is 0 Å². The lowest BCUT2D eigenvalue weighted by atomic mass is 9.81. The SMILES string of the molecule is COC(=O)C(C)(C)[C@H](N)c1ccc(F)cc1Br. The molecule has 0 radical (unpaired) electrons. The van der Waals surface area contributed by atoms with Crippen LogP contribution in [-0.2, 0) is 9.53 Å². The fraction of sp³-hybridized carbons (Fsp3) is 0.417. The molecule has 0 amide bonds. The van der Waals surface area contributed by atoms with Crippen LogP contribution in [0.5, 0.6) is 0 Å². The van der Waals surface area contributed by atoms with Crippen LogP contribution in [0.1, 0.15) is 25.5 Å². The molecule has 2 N–H and O–H groups in total. The first kappa shape index (κ1) is 14.1. The third kappa shape index (κ3) is 2.84. The third-order valence-corrected chi connectivity index (χ3v) is 3.47. The van der Waals surface area contributed by atoms with Gasteiger partial charge in [0.1, 0.15) is 5.82 Å². The Balaban J connectivity index is 3.11. The van der Waals surface area contributed by atoms with E-state index in [4.69, 9.17) is 10.5 Å². The molecule has 0 fully saturated rings. The van der Waals surface area contributed by atoms with Gasteiger partial charge in [-0.1, -0.05) is 22.0 Å². The Bertz CT molecular complexity index is 435. The first-order valence-corrected chi connectivity index (χ1v) is 5.89. The van der Waals surface area contributed by atoms with E-state index in [1.807, 2.05) is 0 Å². The average Bonchev–Trinajstić information content (AvgIpc) is 2.27. The van der Waals surface area contributed by atoms with Crippen molar-refractivity contribution in [3.05, 3.63) is 34.1 Å². The lowest BCUT2D eigenvalue weighted by Crippen LogP contribution is -2.37. The zero-order valence-electron chi connectivity index (χ0n) is 9.96. The highest BCUT2D eigenvalue weighted by atomic mass is 79.9. The van der Waals surface area contributed by atoms with Gasteiger partial charge >= 0.3 is 5.97 Å². The molecule has 0 aliphatic carbocycles. The van der Waals surface area contributed by atoms with Crippen LogP contribution in [0.15, 0.2) is 22.7 Å². The second kappa shape index (κ2) is 5.14. The Kier molecular flexibility index (Phi) is 4.27. The maximum Gasteiger partial charge on any atom is 0.313 e. The largest absolute Gasteiger partial charge is 0.469 e. The van der Waals surface area contributed by atoms with Gasteiger partial charge in [0.2, 0.25) is 0 Å². The minimum Gasteiger partial charge on any atom is -0.469 e. The van der Waals surface area contributed by atoms with Gasteiger partial charge in [-0.15, -0.1) is 0 Å². The molecule has 17 heavy (non-hydrogen) atoms. The summed E-state index contributed by atoms with van der Waals surface area (Å²) in [4.78, 5) is 11.6. The van der Waals surface area contributed by atoms with E-state index in [2.05, 4.69) is 15.9 Å². The lowest BCUT2D eigenvalue weighted by Gasteiger charge is -2.29. The molecule has 0 saturated heterocycles. The summed E-state index contributed by atoms with van der Waals surface area (Å²) in [5.74, 6) is -0.759. The normalized spacial score (nSPS) is 13.3. The summed E-state index contributed by atoms with van der Waals surface area (Å²) < 4.78 is 18.2. The molecule has 1 aromatic carbocycles. The van der Waals surface area contributed by atoms with Crippen molar-refractivity contribution in [1.82, 2.24) is 0 Å². The molecular formula is C12H15BrFNO2. The van der Waals surface area contributed by atoms with Crippen LogP contribution in [0, 0.1) is 11.2 Å². The summed E-state index contributed by atoms with van der Waals surface area (Å²) in [6.07, 6.45) is 0. The number of carbonyl (C=O) groups excluding carboxylic acids is 1. The van der Waals surface area contributed by atoms with E-state index in [0.717, 1.165) is 0 Å². The van der Waals surface area contributed by atoms with Crippen LogP contribution < -0.4 is 5.73 Å². The fourth-order valence-electron chi connectivity index (χ4n) is 1.53. The van der Waals surface area contributed by atoms with Crippen LogP contribution in [-0.4, -0.2) is 13.1 Å². The number of methoxy groups -OCH3 is 1. The molecule has 0 aliphatic rings. The molecular weight excluding hydrogens is 289 g/mol. The van der Waals surface area contributed by atoms with Gasteiger partial charge < -0.3 is 10.5 Å². The molecule has 1 rings (SSSR count). The number of carbonyl (C=O) groups is 1. The molecule has 3 nitrogen and oxygen atoms in total. The first-order valence-electron chi connectivity index (χ1n) is 5.09. The number of halogens is 2. The lowest BCUT2D eigenvalue weighted by molar-refractivity contribution is -0.152. The molecule has 0 bridgehead atoms. The van der Waals surface area contributed by atoms with Gasteiger partial charge in [0.05, 0.1) is 12.5 Å². The smallest absolute Gasteiger partial charge is 0.313 e. The van der Waals surface area contributed by atoms with E-state index >= 15 is 0 Å². The summed E-state index contributed by atoms with van der Waals surface area (Å²) in [6, 6.07) is 3.62. The monoisotopic (exact) mass is 303 g/mol. The molecule has 0 aromatic heterocycles. The van der Waals surface area contributed by atoms with Crippen molar-refractivity contribution in [2.75, 3.05) is 7.11 Å².